The average Bonchev–Trinajstić information content (AvgIpc) is 2.31. The molecule has 1 atom stereocenters. The molecule has 0 aliphatic heterocycles. The predicted octanol–water partition coefficient (Wildman–Crippen LogP) is 3.39. The monoisotopic (exact) mass is 313 g/mol. The van der Waals surface area contributed by atoms with E-state index in [4.69, 9.17) is 10.9 Å². The van der Waals surface area contributed by atoms with E-state index in [0.717, 1.165) is 16.6 Å². The summed E-state index contributed by atoms with van der Waals surface area (Å²) in [5.41, 5.74) is 9.04. The number of anilines is 1. The van der Waals surface area contributed by atoms with E-state index < -0.39 is 0 Å². The fraction of sp³-hybridized carbons (Fsp3) is 0.462. The van der Waals surface area contributed by atoms with Crippen LogP contribution in [0.15, 0.2) is 21.8 Å². The van der Waals surface area contributed by atoms with E-state index in [0.29, 0.717) is 6.42 Å². The SMILES string of the molecule is CCC(CC(N)=NO)Nc1c(C)cc(Br)cc1C. The first-order valence-corrected chi connectivity index (χ1v) is 6.76. The molecule has 1 aromatic rings. The molecule has 0 heterocycles. The molecular weight excluding hydrogens is 294 g/mol. The van der Waals surface area contributed by atoms with Crippen molar-refractivity contribution in [2.75, 3.05) is 5.32 Å². The third-order valence-corrected chi connectivity index (χ3v) is 3.38. The lowest BCUT2D eigenvalue weighted by molar-refractivity contribution is 0.316. The molecule has 1 rings (SSSR count). The Morgan fingerprint density at radius 3 is 2.44 bits per heavy atom. The number of nitrogens with one attached hydrogen (secondary N) is 1. The first-order chi connectivity index (χ1) is 8.47. The summed E-state index contributed by atoms with van der Waals surface area (Å²) in [6.45, 7) is 6.21. The number of hydrogen-bond acceptors (Lipinski definition) is 3. The predicted molar refractivity (Wildman–Crippen MR) is 79.3 cm³/mol. The molecule has 100 valence electrons. The fourth-order valence-electron chi connectivity index (χ4n) is 1.93. The Balaban J connectivity index is 2.88. The van der Waals surface area contributed by atoms with Crippen LogP contribution in [0.5, 0.6) is 0 Å². The van der Waals surface area contributed by atoms with Gasteiger partial charge < -0.3 is 16.3 Å². The Morgan fingerprint density at radius 1 is 1.44 bits per heavy atom. The lowest BCUT2D eigenvalue weighted by Crippen LogP contribution is -2.27. The first kappa shape index (κ1) is 14.8. The van der Waals surface area contributed by atoms with Crippen molar-refractivity contribution in [3.8, 4) is 0 Å². The van der Waals surface area contributed by atoms with Gasteiger partial charge in [0.1, 0.15) is 5.84 Å². The molecule has 0 fully saturated rings. The smallest absolute Gasteiger partial charge is 0.141 e. The van der Waals surface area contributed by atoms with Gasteiger partial charge >= 0.3 is 0 Å². The molecule has 0 bridgehead atoms. The highest BCUT2D eigenvalue weighted by Gasteiger charge is 2.12. The zero-order valence-corrected chi connectivity index (χ0v) is 12.6. The molecule has 0 aromatic heterocycles. The van der Waals surface area contributed by atoms with Gasteiger partial charge in [-0.15, -0.1) is 0 Å². The standard InChI is InChI=1S/C13H20BrN3O/c1-4-11(7-12(15)17-18)16-13-8(2)5-10(14)6-9(13)3/h5-6,11,16,18H,4,7H2,1-3H3,(H2,15,17). The third-order valence-electron chi connectivity index (χ3n) is 2.92. The summed E-state index contributed by atoms with van der Waals surface area (Å²) in [5.74, 6) is 0.252. The number of rotatable bonds is 5. The van der Waals surface area contributed by atoms with Crippen molar-refractivity contribution in [3.05, 3.63) is 27.7 Å². The molecule has 0 saturated heterocycles. The van der Waals surface area contributed by atoms with Gasteiger partial charge in [0.05, 0.1) is 0 Å². The van der Waals surface area contributed by atoms with Crippen LogP contribution in [0.25, 0.3) is 0 Å². The second-order valence-electron chi connectivity index (χ2n) is 4.46. The fourth-order valence-corrected chi connectivity index (χ4v) is 2.62. The van der Waals surface area contributed by atoms with Crippen molar-refractivity contribution in [2.45, 2.75) is 39.7 Å². The Labute approximate surface area is 116 Å². The van der Waals surface area contributed by atoms with E-state index in [1.165, 1.54) is 11.1 Å². The van der Waals surface area contributed by atoms with Gasteiger partial charge in [-0.1, -0.05) is 28.0 Å². The van der Waals surface area contributed by atoms with E-state index in [9.17, 15) is 0 Å². The summed E-state index contributed by atoms with van der Waals surface area (Å²) in [7, 11) is 0. The highest BCUT2D eigenvalue weighted by molar-refractivity contribution is 9.10. The average molecular weight is 314 g/mol. The normalized spacial score (nSPS) is 13.4. The summed E-state index contributed by atoms with van der Waals surface area (Å²) in [6, 6.07) is 4.32. The molecule has 0 aliphatic rings. The van der Waals surface area contributed by atoms with Crippen molar-refractivity contribution in [2.24, 2.45) is 10.9 Å². The Morgan fingerprint density at radius 2 is 2.00 bits per heavy atom. The van der Waals surface area contributed by atoms with Crippen LogP contribution in [0.1, 0.15) is 30.9 Å². The summed E-state index contributed by atoms with van der Waals surface area (Å²) < 4.78 is 1.08. The van der Waals surface area contributed by atoms with Gasteiger partial charge in [-0.2, -0.15) is 0 Å². The van der Waals surface area contributed by atoms with Crippen LogP contribution < -0.4 is 11.1 Å². The lowest BCUT2D eigenvalue weighted by atomic mass is 10.1. The molecule has 4 N–H and O–H groups in total. The van der Waals surface area contributed by atoms with Gasteiger partial charge in [0, 0.05) is 22.6 Å². The summed E-state index contributed by atoms with van der Waals surface area (Å²) in [6.07, 6.45) is 1.44. The molecule has 0 amide bonds. The molecule has 5 heteroatoms. The maximum Gasteiger partial charge on any atom is 0.141 e. The minimum absolute atomic E-state index is 0.166. The number of halogens is 1. The second-order valence-corrected chi connectivity index (χ2v) is 5.38. The third kappa shape index (κ3) is 3.91. The first-order valence-electron chi connectivity index (χ1n) is 5.97. The van der Waals surface area contributed by atoms with Crippen LogP contribution in [0, 0.1) is 13.8 Å². The van der Waals surface area contributed by atoms with Gasteiger partial charge in [0.25, 0.3) is 0 Å². The van der Waals surface area contributed by atoms with E-state index in [1.54, 1.807) is 0 Å². The Kier molecular flexibility index (Phi) is 5.47. The summed E-state index contributed by atoms with van der Waals surface area (Å²) in [4.78, 5) is 0. The van der Waals surface area contributed by atoms with E-state index >= 15 is 0 Å². The molecule has 4 nitrogen and oxygen atoms in total. The maximum absolute atomic E-state index is 8.62. The number of benzene rings is 1. The van der Waals surface area contributed by atoms with Crippen LogP contribution in [0.3, 0.4) is 0 Å². The number of nitrogens with zero attached hydrogens (tertiary/aromatic N) is 1. The second kappa shape index (κ2) is 6.64. The van der Waals surface area contributed by atoms with Crippen molar-refractivity contribution in [1.82, 2.24) is 0 Å². The Bertz CT molecular complexity index is 423. The van der Waals surface area contributed by atoms with E-state index in [-0.39, 0.29) is 11.9 Å². The highest BCUT2D eigenvalue weighted by Crippen LogP contribution is 2.26. The van der Waals surface area contributed by atoms with Gasteiger partial charge in [-0.25, -0.2) is 0 Å². The highest BCUT2D eigenvalue weighted by atomic mass is 79.9. The molecule has 0 aliphatic carbocycles. The molecule has 0 spiro atoms. The minimum Gasteiger partial charge on any atom is -0.409 e. The van der Waals surface area contributed by atoms with E-state index in [2.05, 4.69) is 59.3 Å². The number of amidine groups is 1. The molecule has 1 unspecified atom stereocenters. The van der Waals surface area contributed by atoms with Crippen molar-refractivity contribution >= 4 is 27.5 Å². The minimum atomic E-state index is 0.166. The lowest BCUT2D eigenvalue weighted by Gasteiger charge is -2.21. The summed E-state index contributed by atoms with van der Waals surface area (Å²) >= 11 is 3.48. The van der Waals surface area contributed by atoms with Crippen molar-refractivity contribution in [3.63, 3.8) is 0 Å². The largest absolute Gasteiger partial charge is 0.409 e. The molecule has 0 radical (unpaired) electrons. The van der Waals surface area contributed by atoms with Gasteiger partial charge in [-0.3, -0.25) is 0 Å². The number of oxime groups is 1. The van der Waals surface area contributed by atoms with Crippen molar-refractivity contribution < 1.29 is 5.21 Å². The zero-order chi connectivity index (χ0) is 13.7. The topological polar surface area (TPSA) is 70.6 Å². The molecular formula is C13H20BrN3O. The number of hydrogen-bond donors (Lipinski definition) is 3. The van der Waals surface area contributed by atoms with Crippen LogP contribution in [-0.2, 0) is 0 Å². The molecule has 1 aromatic carbocycles. The maximum atomic E-state index is 8.62. The quantitative estimate of drug-likeness (QED) is 0.338. The van der Waals surface area contributed by atoms with Crippen LogP contribution >= 0.6 is 15.9 Å². The van der Waals surface area contributed by atoms with Crippen molar-refractivity contribution in [1.29, 1.82) is 0 Å². The van der Waals surface area contributed by atoms with Crippen LogP contribution in [0.2, 0.25) is 0 Å². The van der Waals surface area contributed by atoms with Gasteiger partial charge in [-0.05, 0) is 43.5 Å². The number of nitrogens with two attached hydrogens (primary N) is 1. The Hall–Kier alpha value is -1.23. The zero-order valence-electron chi connectivity index (χ0n) is 11.0. The number of aryl methyl sites for hydroxylation is 2. The summed E-state index contributed by atoms with van der Waals surface area (Å²) in [5, 5.41) is 15.1. The van der Waals surface area contributed by atoms with Crippen LogP contribution in [0.4, 0.5) is 5.69 Å². The molecule has 18 heavy (non-hydrogen) atoms. The van der Waals surface area contributed by atoms with Gasteiger partial charge in [0.15, 0.2) is 0 Å². The van der Waals surface area contributed by atoms with Gasteiger partial charge in [0.2, 0.25) is 0 Å². The molecule has 0 saturated carbocycles. The van der Waals surface area contributed by atoms with Crippen LogP contribution in [-0.4, -0.2) is 17.1 Å². The van der Waals surface area contributed by atoms with E-state index in [1.807, 2.05) is 0 Å².